The maximum atomic E-state index is 12.1. The van der Waals surface area contributed by atoms with Crippen molar-refractivity contribution in [3.05, 3.63) is 29.3 Å². The summed E-state index contributed by atoms with van der Waals surface area (Å²) in [6.07, 6.45) is 5.29. The van der Waals surface area contributed by atoms with Gasteiger partial charge in [-0.15, -0.1) is 0 Å². The van der Waals surface area contributed by atoms with Crippen molar-refractivity contribution in [3.63, 3.8) is 0 Å². The van der Waals surface area contributed by atoms with Crippen molar-refractivity contribution >= 4 is 11.6 Å². The number of nitrogens with one attached hydrogen (secondary N) is 2. The van der Waals surface area contributed by atoms with Crippen molar-refractivity contribution < 1.29 is 4.79 Å². The molecular formula is C17H27N3O. The summed E-state index contributed by atoms with van der Waals surface area (Å²) >= 11 is 0. The van der Waals surface area contributed by atoms with Crippen LogP contribution in [-0.4, -0.2) is 44.0 Å². The Morgan fingerprint density at radius 3 is 2.67 bits per heavy atom. The Labute approximate surface area is 127 Å². The maximum Gasteiger partial charge on any atom is 0.251 e. The predicted molar refractivity (Wildman–Crippen MR) is 87.9 cm³/mol. The van der Waals surface area contributed by atoms with Gasteiger partial charge in [-0.25, -0.2) is 0 Å². The fourth-order valence-corrected chi connectivity index (χ4v) is 3.06. The minimum absolute atomic E-state index is 0.0144. The monoisotopic (exact) mass is 289 g/mol. The second-order valence-electron chi connectivity index (χ2n) is 5.95. The van der Waals surface area contributed by atoms with Gasteiger partial charge in [0.05, 0.1) is 0 Å². The smallest absolute Gasteiger partial charge is 0.251 e. The van der Waals surface area contributed by atoms with Gasteiger partial charge in [0, 0.05) is 37.4 Å². The second-order valence-corrected chi connectivity index (χ2v) is 5.95. The van der Waals surface area contributed by atoms with Gasteiger partial charge in [0.1, 0.15) is 0 Å². The lowest BCUT2D eigenvalue weighted by Crippen LogP contribution is -2.37. The molecule has 116 valence electrons. The summed E-state index contributed by atoms with van der Waals surface area (Å²) in [7, 11) is 4.05. The van der Waals surface area contributed by atoms with Crippen molar-refractivity contribution in [1.82, 2.24) is 10.2 Å². The molecule has 2 rings (SSSR count). The van der Waals surface area contributed by atoms with Crippen LogP contribution in [0.3, 0.4) is 0 Å². The highest BCUT2D eigenvalue weighted by Crippen LogP contribution is 2.21. The Hall–Kier alpha value is -1.55. The molecular weight excluding hydrogens is 262 g/mol. The first kappa shape index (κ1) is 15.8. The molecule has 4 heteroatoms. The normalized spacial score (nSPS) is 15.4. The van der Waals surface area contributed by atoms with Crippen LogP contribution in [0.5, 0.6) is 0 Å². The molecule has 0 aliphatic heterocycles. The molecule has 4 nitrogen and oxygen atoms in total. The van der Waals surface area contributed by atoms with E-state index in [9.17, 15) is 4.79 Å². The molecule has 1 aliphatic carbocycles. The van der Waals surface area contributed by atoms with E-state index in [1.165, 1.54) is 25.7 Å². The Kier molecular flexibility index (Phi) is 5.62. The first-order valence-electron chi connectivity index (χ1n) is 7.88. The van der Waals surface area contributed by atoms with Gasteiger partial charge in [0.25, 0.3) is 5.91 Å². The summed E-state index contributed by atoms with van der Waals surface area (Å²) in [5.74, 6) is 0.0144. The van der Waals surface area contributed by atoms with Gasteiger partial charge in [-0.05, 0) is 50.6 Å². The van der Waals surface area contributed by atoms with Crippen molar-refractivity contribution in [3.8, 4) is 0 Å². The third kappa shape index (κ3) is 4.21. The van der Waals surface area contributed by atoms with E-state index in [2.05, 4.69) is 22.6 Å². The lowest BCUT2D eigenvalue weighted by molar-refractivity contribution is 0.0947. The SMILES string of the molecule is CNc1ccc(C(=O)NCCN(C)C2CCCC2)cc1C. The Bertz CT molecular complexity index is 481. The van der Waals surface area contributed by atoms with Gasteiger partial charge in [0.2, 0.25) is 0 Å². The van der Waals surface area contributed by atoms with E-state index in [1.807, 2.05) is 32.2 Å². The molecule has 2 N–H and O–H groups in total. The number of hydrogen-bond donors (Lipinski definition) is 2. The molecule has 0 saturated heterocycles. The summed E-state index contributed by atoms with van der Waals surface area (Å²) in [5.41, 5.74) is 2.88. The minimum Gasteiger partial charge on any atom is -0.388 e. The molecule has 1 saturated carbocycles. The topological polar surface area (TPSA) is 44.4 Å². The van der Waals surface area contributed by atoms with E-state index >= 15 is 0 Å². The molecule has 0 heterocycles. The number of rotatable bonds is 6. The molecule has 0 unspecified atom stereocenters. The van der Waals surface area contributed by atoms with Crippen molar-refractivity contribution in [2.75, 3.05) is 32.5 Å². The summed E-state index contributed by atoms with van der Waals surface area (Å²) in [6.45, 7) is 3.64. The zero-order chi connectivity index (χ0) is 15.2. The van der Waals surface area contributed by atoms with E-state index in [-0.39, 0.29) is 5.91 Å². The molecule has 0 spiro atoms. The Balaban J connectivity index is 1.80. The number of carbonyl (C=O) groups excluding carboxylic acids is 1. The van der Waals surface area contributed by atoms with Gasteiger partial charge in [-0.3, -0.25) is 4.79 Å². The number of nitrogens with zero attached hydrogens (tertiary/aromatic N) is 1. The van der Waals surface area contributed by atoms with Gasteiger partial charge < -0.3 is 15.5 Å². The number of likely N-dealkylation sites (N-methyl/N-ethyl adjacent to an activating group) is 1. The molecule has 21 heavy (non-hydrogen) atoms. The summed E-state index contributed by atoms with van der Waals surface area (Å²) in [5, 5.41) is 6.13. The zero-order valence-electron chi connectivity index (χ0n) is 13.4. The molecule has 1 fully saturated rings. The van der Waals surface area contributed by atoms with Crippen molar-refractivity contribution in [1.29, 1.82) is 0 Å². The van der Waals surface area contributed by atoms with Crippen LogP contribution in [0.2, 0.25) is 0 Å². The lowest BCUT2D eigenvalue weighted by atomic mass is 10.1. The highest BCUT2D eigenvalue weighted by Gasteiger charge is 2.19. The van der Waals surface area contributed by atoms with Crippen LogP contribution in [0.4, 0.5) is 5.69 Å². The average molecular weight is 289 g/mol. The van der Waals surface area contributed by atoms with Crippen LogP contribution >= 0.6 is 0 Å². The van der Waals surface area contributed by atoms with Gasteiger partial charge in [-0.1, -0.05) is 12.8 Å². The first-order chi connectivity index (χ1) is 10.1. The van der Waals surface area contributed by atoms with Crippen LogP contribution in [0.1, 0.15) is 41.6 Å². The fourth-order valence-electron chi connectivity index (χ4n) is 3.06. The standard InChI is InChI=1S/C17H27N3O/c1-13-12-14(8-9-16(13)18-2)17(21)19-10-11-20(3)15-6-4-5-7-15/h8-9,12,15,18H,4-7,10-11H2,1-3H3,(H,19,21). The van der Waals surface area contributed by atoms with Gasteiger partial charge in [-0.2, -0.15) is 0 Å². The molecule has 0 aromatic heterocycles. The number of aryl methyl sites for hydroxylation is 1. The first-order valence-corrected chi connectivity index (χ1v) is 7.88. The number of amides is 1. The molecule has 0 bridgehead atoms. The zero-order valence-corrected chi connectivity index (χ0v) is 13.4. The fraction of sp³-hybridized carbons (Fsp3) is 0.588. The second kappa shape index (κ2) is 7.46. The lowest BCUT2D eigenvalue weighted by Gasteiger charge is -2.23. The Morgan fingerprint density at radius 2 is 2.05 bits per heavy atom. The number of hydrogen-bond acceptors (Lipinski definition) is 3. The molecule has 1 aromatic carbocycles. The summed E-state index contributed by atoms with van der Waals surface area (Å²) < 4.78 is 0. The van der Waals surface area contributed by atoms with Crippen LogP contribution < -0.4 is 10.6 Å². The van der Waals surface area contributed by atoms with Crippen molar-refractivity contribution in [2.45, 2.75) is 38.6 Å². The van der Waals surface area contributed by atoms with Gasteiger partial charge in [0.15, 0.2) is 0 Å². The van der Waals surface area contributed by atoms with E-state index in [0.29, 0.717) is 12.6 Å². The van der Waals surface area contributed by atoms with Crippen LogP contribution in [0.25, 0.3) is 0 Å². The van der Waals surface area contributed by atoms with E-state index in [4.69, 9.17) is 0 Å². The highest BCUT2D eigenvalue weighted by molar-refractivity contribution is 5.94. The van der Waals surface area contributed by atoms with Crippen LogP contribution in [0.15, 0.2) is 18.2 Å². The van der Waals surface area contributed by atoms with E-state index in [1.54, 1.807) is 0 Å². The van der Waals surface area contributed by atoms with E-state index in [0.717, 1.165) is 23.4 Å². The molecule has 1 amide bonds. The number of carbonyl (C=O) groups is 1. The third-order valence-corrected chi connectivity index (χ3v) is 4.46. The number of benzene rings is 1. The largest absolute Gasteiger partial charge is 0.388 e. The van der Waals surface area contributed by atoms with Gasteiger partial charge >= 0.3 is 0 Å². The average Bonchev–Trinajstić information content (AvgIpc) is 3.01. The molecule has 0 radical (unpaired) electrons. The Morgan fingerprint density at radius 1 is 1.33 bits per heavy atom. The number of anilines is 1. The van der Waals surface area contributed by atoms with E-state index < -0.39 is 0 Å². The highest BCUT2D eigenvalue weighted by atomic mass is 16.1. The van der Waals surface area contributed by atoms with Crippen LogP contribution in [0, 0.1) is 6.92 Å². The predicted octanol–water partition coefficient (Wildman–Crippen LogP) is 2.64. The van der Waals surface area contributed by atoms with Crippen molar-refractivity contribution in [2.24, 2.45) is 0 Å². The summed E-state index contributed by atoms with van der Waals surface area (Å²) in [4.78, 5) is 14.5. The third-order valence-electron chi connectivity index (χ3n) is 4.46. The quantitative estimate of drug-likeness (QED) is 0.846. The molecule has 1 aliphatic rings. The molecule has 1 aromatic rings. The van der Waals surface area contributed by atoms with Crippen LogP contribution in [-0.2, 0) is 0 Å². The molecule has 0 atom stereocenters. The minimum atomic E-state index is 0.0144. The summed E-state index contributed by atoms with van der Waals surface area (Å²) in [6, 6.07) is 6.46. The maximum absolute atomic E-state index is 12.1.